The van der Waals surface area contributed by atoms with Gasteiger partial charge < -0.3 is 10.6 Å². The van der Waals surface area contributed by atoms with Crippen molar-refractivity contribution < 1.29 is 9.18 Å². The van der Waals surface area contributed by atoms with Gasteiger partial charge in [0, 0.05) is 34.7 Å². The minimum Gasteiger partial charge on any atom is -0.308 e. The maximum atomic E-state index is 13.2. The fourth-order valence-electron chi connectivity index (χ4n) is 2.48. The summed E-state index contributed by atoms with van der Waals surface area (Å²) >= 11 is 1.56. The van der Waals surface area contributed by atoms with E-state index in [0.29, 0.717) is 11.4 Å². The summed E-state index contributed by atoms with van der Waals surface area (Å²) in [6, 6.07) is 12.7. The number of imidazole rings is 1. The van der Waals surface area contributed by atoms with Crippen molar-refractivity contribution in [2.75, 3.05) is 10.6 Å². The number of fused-ring (bicyclic) bond motifs is 1. The fourth-order valence-corrected chi connectivity index (χ4v) is 3.18. The van der Waals surface area contributed by atoms with Gasteiger partial charge in [-0.05, 0) is 30.3 Å². The number of hydrogen-bond donors (Lipinski definition) is 2. The quantitative estimate of drug-likeness (QED) is 0.554. The lowest BCUT2D eigenvalue weighted by Crippen LogP contribution is -2.19. The van der Waals surface area contributed by atoms with E-state index in [1.807, 2.05) is 40.4 Å². The van der Waals surface area contributed by atoms with Gasteiger partial charge in [0.2, 0.25) is 0 Å². The van der Waals surface area contributed by atoms with E-state index in [1.54, 1.807) is 23.5 Å². The summed E-state index contributed by atoms with van der Waals surface area (Å²) in [5, 5.41) is 7.32. The van der Waals surface area contributed by atoms with Crippen molar-refractivity contribution in [3.8, 4) is 11.3 Å². The normalized spacial score (nSPS) is 10.8. The van der Waals surface area contributed by atoms with E-state index < -0.39 is 11.8 Å². The largest absolute Gasteiger partial charge is 0.323 e. The third-order valence-electron chi connectivity index (χ3n) is 3.59. The number of anilines is 2. The maximum Gasteiger partial charge on any atom is 0.323 e. The van der Waals surface area contributed by atoms with Gasteiger partial charge in [0.25, 0.3) is 0 Å². The summed E-state index contributed by atoms with van der Waals surface area (Å²) in [5.74, 6) is -0.403. The highest BCUT2D eigenvalue weighted by atomic mass is 32.1. The van der Waals surface area contributed by atoms with E-state index in [2.05, 4.69) is 15.6 Å². The van der Waals surface area contributed by atoms with Crippen LogP contribution in [0.4, 0.5) is 20.6 Å². The first kappa shape index (κ1) is 15.3. The highest BCUT2D eigenvalue weighted by Gasteiger charge is 2.08. The molecule has 2 amide bonds. The zero-order valence-corrected chi connectivity index (χ0v) is 13.8. The molecule has 124 valence electrons. The third-order valence-corrected chi connectivity index (χ3v) is 4.36. The van der Waals surface area contributed by atoms with Gasteiger partial charge in [-0.25, -0.2) is 14.2 Å². The molecule has 0 aliphatic rings. The molecule has 0 aliphatic carbocycles. The van der Waals surface area contributed by atoms with Crippen LogP contribution in [0.25, 0.3) is 16.2 Å². The smallest absolute Gasteiger partial charge is 0.308 e. The molecule has 0 bridgehead atoms. The number of nitrogens with one attached hydrogen (secondary N) is 2. The highest BCUT2D eigenvalue weighted by Crippen LogP contribution is 2.24. The van der Waals surface area contributed by atoms with Crippen LogP contribution in [-0.4, -0.2) is 15.4 Å². The average Bonchev–Trinajstić information content (AvgIpc) is 3.16. The molecule has 0 saturated carbocycles. The van der Waals surface area contributed by atoms with Gasteiger partial charge in [-0.2, -0.15) is 0 Å². The van der Waals surface area contributed by atoms with E-state index in [9.17, 15) is 9.18 Å². The molecule has 0 radical (unpaired) electrons. The molecule has 25 heavy (non-hydrogen) atoms. The number of hydrogen-bond acceptors (Lipinski definition) is 3. The first-order valence-electron chi connectivity index (χ1n) is 7.53. The molecular formula is C18H13FN4OS. The van der Waals surface area contributed by atoms with Gasteiger partial charge in [-0.3, -0.25) is 4.40 Å². The third kappa shape index (κ3) is 3.36. The van der Waals surface area contributed by atoms with Crippen molar-refractivity contribution in [2.45, 2.75) is 0 Å². The second kappa shape index (κ2) is 6.37. The van der Waals surface area contributed by atoms with Crippen LogP contribution >= 0.6 is 11.3 Å². The number of thiazole rings is 1. The second-order valence-corrected chi connectivity index (χ2v) is 6.26. The van der Waals surface area contributed by atoms with Gasteiger partial charge in [-0.15, -0.1) is 11.3 Å². The zero-order valence-electron chi connectivity index (χ0n) is 12.9. The molecule has 2 N–H and O–H groups in total. The van der Waals surface area contributed by atoms with Gasteiger partial charge in [0.05, 0.1) is 5.69 Å². The van der Waals surface area contributed by atoms with Crippen LogP contribution < -0.4 is 10.6 Å². The number of benzene rings is 2. The van der Waals surface area contributed by atoms with Crippen molar-refractivity contribution in [3.63, 3.8) is 0 Å². The van der Waals surface area contributed by atoms with Gasteiger partial charge in [0.15, 0.2) is 4.96 Å². The number of amides is 2. The average molecular weight is 352 g/mol. The molecule has 0 atom stereocenters. The number of rotatable bonds is 3. The standard InChI is InChI=1S/C18H13FN4OS/c19-13-4-2-6-15(10-13)21-17(24)20-14-5-1-3-12(9-14)16-11-23-7-8-25-18(23)22-16/h1-11H,(H2,20,21,24). The number of aromatic nitrogens is 2. The van der Waals surface area contributed by atoms with Crippen molar-refractivity contribution in [1.29, 1.82) is 0 Å². The molecule has 4 aromatic rings. The molecule has 7 heteroatoms. The van der Waals surface area contributed by atoms with Crippen LogP contribution in [0.2, 0.25) is 0 Å². The van der Waals surface area contributed by atoms with Gasteiger partial charge in [-0.1, -0.05) is 18.2 Å². The van der Waals surface area contributed by atoms with E-state index in [0.717, 1.165) is 16.2 Å². The monoisotopic (exact) mass is 352 g/mol. The van der Waals surface area contributed by atoms with Crippen molar-refractivity contribution in [2.24, 2.45) is 0 Å². The highest BCUT2D eigenvalue weighted by molar-refractivity contribution is 7.15. The molecule has 2 aromatic heterocycles. The lowest BCUT2D eigenvalue weighted by molar-refractivity contribution is 0.262. The van der Waals surface area contributed by atoms with E-state index in [1.165, 1.54) is 18.2 Å². The summed E-state index contributed by atoms with van der Waals surface area (Å²) in [5.41, 5.74) is 2.76. The Morgan fingerprint density at radius 3 is 2.60 bits per heavy atom. The summed E-state index contributed by atoms with van der Waals surface area (Å²) < 4.78 is 15.1. The lowest BCUT2D eigenvalue weighted by atomic mass is 10.1. The molecule has 0 aliphatic heterocycles. The molecule has 5 nitrogen and oxygen atoms in total. The Labute approximate surface area is 146 Å². The summed E-state index contributed by atoms with van der Waals surface area (Å²) in [6.07, 6.45) is 3.89. The summed E-state index contributed by atoms with van der Waals surface area (Å²) in [7, 11) is 0. The molecule has 0 spiro atoms. The number of halogens is 1. The van der Waals surface area contributed by atoms with Crippen LogP contribution in [0, 0.1) is 5.82 Å². The molecule has 2 heterocycles. The minimum absolute atomic E-state index is 0.392. The Balaban J connectivity index is 1.51. The van der Waals surface area contributed by atoms with Crippen LogP contribution in [0.1, 0.15) is 0 Å². The van der Waals surface area contributed by atoms with Crippen molar-refractivity contribution in [1.82, 2.24) is 9.38 Å². The predicted molar refractivity (Wildman–Crippen MR) is 97.5 cm³/mol. The van der Waals surface area contributed by atoms with Crippen LogP contribution in [-0.2, 0) is 0 Å². The Morgan fingerprint density at radius 2 is 1.84 bits per heavy atom. The molecule has 0 saturated heterocycles. The Kier molecular flexibility index (Phi) is 3.91. The van der Waals surface area contributed by atoms with Gasteiger partial charge in [0.1, 0.15) is 5.82 Å². The fraction of sp³-hybridized carbons (Fsp3) is 0. The first-order chi connectivity index (χ1) is 12.2. The molecule has 4 rings (SSSR count). The van der Waals surface area contributed by atoms with Gasteiger partial charge >= 0.3 is 6.03 Å². The molecular weight excluding hydrogens is 339 g/mol. The minimum atomic E-state index is -0.437. The Morgan fingerprint density at radius 1 is 1.08 bits per heavy atom. The second-order valence-electron chi connectivity index (χ2n) is 5.39. The topological polar surface area (TPSA) is 58.4 Å². The van der Waals surface area contributed by atoms with Crippen molar-refractivity contribution >= 4 is 33.7 Å². The van der Waals surface area contributed by atoms with Crippen LogP contribution in [0.3, 0.4) is 0 Å². The van der Waals surface area contributed by atoms with Crippen LogP contribution in [0.5, 0.6) is 0 Å². The first-order valence-corrected chi connectivity index (χ1v) is 8.41. The SMILES string of the molecule is O=C(Nc1cccc(F)c1)Nc1cccc(-c2cn3ccsc3n2)c1. The summed E-state index contributed by atoms with van der Waals surface area (Å²) in [4.78, 5) is 17.5. The number of carbonyl (C=O) groups excluding carboxylic acids is 1. The zero-order chi connectivity index (χ0) is 17.2. The van der Waals surface area contributed by atoms with Crippen molar-refractivity contribution in [3.05, 3.63) is 72.1 Å². The van der Waals surface area contributed by atoms with E-state index >= 15 is 0 Å². The lowest BCUT2D eigenvalue weighted by Gasteiger charge is -2.08. The summed E-state index contributed by atoms with van der Waals surface area (Å²) in [6.45, 7) is 0. The number of carbonyl (C=O) groups is 1. The maximum absolute atomic E-state index is 13.2. The molecule has 0 fully saturated rings. The number of urea groups is 1. The molecule has 0 unspecified atom stereocenters. The number of nitrogens with zero attached hydrogens (tertiary/aromatic N) is 2. The predicted octanol–water partition coefficient (Wildman–Crippen LogP) is 4.85. The Hall–Kier alpha value is -3.19. The van der Waals surface area contributed by atoms with E-state index in [-0.39, 0.29) is 0 Å². The Bertz CT molecular complexity index is 1030. The molecule has 2 aromatic carbocycles. The van der Waals surface area contributed by atoms with E-state index in [4.69, 9.17) is 0 Å². The van der Waals surface area contributed by atoms with Crippen LogP contribution in [0.15, 0.2) is 66.3 Å².